The van der Waals surface area contributed by atoms with Crippen LogP contribution in [-0.4, -0.2) is 15.0 Å². The van der Waals surface area contributed by atoms with Crippen molar-refractivity contribution in [2.45, 2.75) is 0 Å². The van der Waals surface area contributed by atoms with Gasteiger partial charge >= 0.3 is 0 Å². The van der Waals surface area contributed by atoms with Gasteiger partial charge in [0.05, 0.1) is 12.3 Å². The summed E-state index contributed by atoms with van der Waals surface area (Å²) in [6.07, 6.45) is 0. The van der Waals surface area contributed by atoms with Crippen molar-refractivity contribution in [3.05, 3.63) is 200 Å². The smallest absolute Gasteiger partial charge is 0.164 e. The van der Waals surface area contributed by atoms with Crippen molar-refractivity contribution in [1.82, 2.24) is 15.0 Å². The largest absolute Gasteiger partial charge is 0.456 e. The van der Waals surface area contributed by atoms with Crippen LogP contribution in [-0.2, 0) is 0 Å². The predicted octanol–water partition coefficient (Wildman–Crippen LogP) is 13.4. The summed E-state index contributed by atoms with van der Waals surface area (Å²) in [7, 11) is 0. The standard InChI is InChI=1S/C51H33N3O/c1-4-12-34(13-5-1)37-22-26-39(27-23-37)49-52-50(40-28-24-38(25-29-40)35-14-6-2-7-15-35)54-51(53-49)43-30-31-45-47(33-43)55-46-21-11-20-44(48(45)46)42-19-10-18-41(32-42)36-16-8-3-9-17-36/h1-33H/i1D,4D,5D,12D,13D,22D,23D,26D,27D. The fourth-order valence-electron chi connectivity index (χ4n) is 6.81. The van der Waals surface area contributed by atoms with Gasteiger partial charge in [0.15, 0.2) is 17.5 Å². The molecule has 0 saturated heterocycles. The molecule has 0 unspecified atom stereocenters. The molecule has 0 amide bonds. The fourth-order valence-corrected chi connectivity index (χ4v) is 6.81. The molecule has 0 atom stereocenters. The Morgan fingerprint density at radius 2 is 0.873 bits per heavy atom. The van der Waals surface area contributed by atoms with E-state index in [2.05, 4.69) is 36.4 Å². The van der Waals surface area contributed by atoms with E-state index in [1.807, 2.05) is 109 Å². The lowest BCUT2D eigenvalue weighted by Crippen LogP contribution is -2.00. The van der Waals surface area contributed by atoms with Crippen molar-refractivity contribution in [3.8, 4) is 78.7 Å². The first-order chi connectivity index (χ1) is 31.0. The number of rotatable bonds is 7. The normalized spacial score (nSPS) is 13.6. The minimum atomic E-state index is -0.656. The Balaban J connectivity index is 1.14. The molecule has 8 aromatic carbocycles. The van der Waals surface area contributed by atoms with E-state index in [4.69, 9.17) is 29.0 Å². The van der Waals surface area contributed by atoms with Gasteiger partial charge in [0.1, 0.15) is 11.2 Å². The molecule has 4 nitrogen and oxygen atoms in total. The van der Waals surface area contributed by atoms with E-state index >= 15 is 0 Å². The number of benzene rings is 8. The van der Waals surface area contributed by atoms with Gasteiger partial charge in [-0.3, -0.25) is 0 Å². The minimum absolute atomic E-state index is 0.151. The summed E-state index contributed by atoms with van der Waals surface area (Å²) in [5.41, 5.74) is 7.49. The van der Waals surface area contributed by atoms with Crippen LogP contribution in [0.4, 0.5) is 0 Å². The van der Waals surface area contributed by atoms with Crippen molar-refractivity contribution in [2.75, 3.05) is 0 Å². The molecule has 0 aliphatic rings. The minimum Gasteiger partial charge on any atom is -0.456 e. The molecule has 2 aromatic heterocycles. The van der Waals surface area contributed by atoms with E-state index < -0.39 is 65.5 Å². The van der Waals surface area contributed by atoms with Gasteiger partial charge in [0, 0.05) is 27.5 Å². The van der Waals surface area contributed by atoms with Crippen LogP contribution in [0.25, 0.3) is 101 Å². The number of hydrogen-bond acceptors (Lipinski definition) is 4. The number of hydrogen-bond donors (Lipinski definition) is 0. The fraction of sp³-hybridized carbons (Fsp3) is 0. The lowest BCUT2D eigenvalue weighted by Gasteiger charge is -2.10. The number of fused-ring (bicyclic) bond motifs is 3. The molecule has 10 rings (SSSR count). The molecule has 0 N–H and O–H groups in total. The number of furan rings is 1. The second kappa shape index (κ2) is 13.8. The van der Waals surface area contributed by atoms with E-state index in [0.29, 0.717) is 22.3 Å². The molecule has 10 aromatic rings. The molecule has 0 saturated carbocycles. The summed E-state index contributed by atoms with van der Waals surface area (Å²) in [6, 6.07) is 42.1. The third-order valence-corrected chi connectivity index (χ3v) is 9.52. The summed E-state index contributed by atoms with van der Waals surface area (Å²) in [5.74, 6) is 0.232. The Kier molecular flexibility index (Phi) is 6.04. The average molecular weight is 713 g/mol. The predicted molar refractivity (Wildman–Crippen MR) is 225 cm³/mol. The van der Waals surface area contributed by atoms with Crippen LogP contribution in [0.3, 0.4) is 0 Å². The SMILES string of the molecule is [2H]c1c([2H])c([2H])c(-c2c([2H])c([2H])c(-c3nc(-c4ccc(-c5ccccc5)cc4)nc(-c4ccc5c(c4)oc4cccc(-c6cccc(-c7ccccc7)c6)c45)n3)c([2H])c2[2H])c([2H])c1[2H]. The van der Waals surface area contributed by atoms with Crippen molar-refractivity contribution in [1.29, 1.82) is 0 Å². The second-order valence-electron chi connectivity index (χ2n) is 12.9. The van der Waals surface area contributed by atoms with Gasteiger partial charge in [0.25, 0.3) is 0 Å². The highest BCUT2D eigenvalue weighted by Crippen LogP contribution is 2.39. The maximum atomic E-state index is 9.19. The molecule has 0 fully saturated rings. The monoisotopic (exact) mass is 712 g/mol. The molecule has 258 valence electrons. The van der Waals surface area contributed by atoms with Crippen LogP contribution < -0.4 is 0 Å². The number of aromatic nitrogens is 3. The molecule has 55 heavy (non-hydrogen) atoms. The quantitative estimate of drug-likeness (QED) is 0.165. The van der Waals surface area contributed by atoms with Gasteiger partial charge in [-0.2, -0.15) is 0 Å². The first-order valence-electron chi connectivity index (χ1n) is 22.2. The zero-order valence-corrected chi connectivity index (χ0v) is 29.1. The zero-order chi connectivity index (χ0) is 44.4. The van der Waals surface area contributed by atoms with Gasteiger partial charge in [-0.1, -0.05) is 176 Å². The highest BCUT2D eigenvalue weighted by atomic mass is 16.3. The van der Waals surface area contributed by atoms with E-state index in [1.54, 1.807) is 0 Å². The molecule has 0 radical (unpaired) electrons. The van der Waals surface area contributed by atoms with Crippen molar-refractivity contribution < 1.29 is 16.8 Å². The Hall–Kier alpha value is -7.43. The molecular formula is C51H33N3O. The molecule has 2 heterocycles. The maximum absolute atomic E-state index is 9.19. The highest BCUT2D eigenvalue weighted by molar-refractivity contribution is 6.13. The van der Waals surface area contributed by atoms with E-state index in [-0.39, 0.29) is 23.0 Å². The summed E-state index contributed by atoms with van der Waals surface area (Å²) < 4.78 is 84.5. The molecule has 0 bridgehead atoms. The van der Waals surface area contributed by atoms with Gasteiger partial charge in [-0.25, -0.2) is 15.0 Å². The van der Waals surface area contributed by atoms with E-state index in [1.165, 1.54) is 0 Å². The van der Waals surface area contributed by atoms with Gasteiger partial charge < -0.3 is 4.42 Å². The van der Waals surface area contributed by atoms with Gasteiger partial charge in [-0.15, -0.1) is 0 Å². The Morgan fingerprint density at radius 3 is 1.60 bits per heavy atom. The van der Waals surface area contributed by atoms with Crippen LogP contribution in [0.15, 0.2) is 204 Å². The Labute approximate surface area is 331 Å². The molecule has 0 aliphatic carbocycles. The first kappa shape index (κ1) is 24.0. The second-order valence-corrected chi connectivity index (χ2v) is 12.9. The summed E-state index contributed by atoms with van der Waals surface area (Å²) in [5, 5.41) is 1.81. The summed E-state index contributed by atoms with van der Waals surface area (Å²) in [6.45, 7) is 0. The van der Waals surface area contributed by atoms with Gasteiger partial charge in [0.2, 0.25) is 0 Å². The Morgan fingerprint density at radius 1 is 0.345 bits per heavy atom. The van der Waals surface area contributed by atoms with E-state index in [0.717, 1.165) is 44.2 Å². The lowest BCUT2D eigenvalue weighted by molar-refractivity contribution is 0.669. The zero-order valence-electron chi connectivity index (χ0n) is 38.1. The highest BCUT2D eigenvalue weighted by Gasteiger charge is 2.17. The van der Waals surface area contributed by atoms with Crippen LogP contribution in [0.1, 0.15) is 12.3 Å². The third kappa shape index (κ3) is 6.26. The maximum Gasteiger partial charge on any atom is 0.164 e. The summed E-state index contributed by atoms with van der Waals surface area (Å²) >= 11 is 0. The van der Waals surface area contributed by atoms with Crippen LogP contribution in [0.2, 0.25) is 0 Å². The van der Waals surface area contributed by atoms with Crippen molar-refractivity contribution >= 4 is 21.9 Å². The summed E-state index contributed by atoms with van der Waals surface area (Å²) in [4.78, 5) is 14.4. The lowest BCUT2D eigenvalue weighted by atomic mass is 9.96. The Bertz CT molecular complexity index is 3430. The van der Waals surface area contributed by atoms with E-state index in [9.17, 15) is 2.74 Å². The van der Waals surface area contributed by atoms with Crippen LogP contribution >= 0.6 is 0 Å². The first-order valence-corrected chi connectivity index (χ1v) is 17.7. The average Bonchev–Trinajstić information content (AvgIpc) is 3.72. The van der Waals surface area contributed by atoms with Crippen molar-refractivity contribution in [2.24, 2.45) is 0 Å². The molecule has 4 heteroatoms. The van der Waals surface area contributed by atoms with Crippen molar-refractivity contribution in [3.63, 3.8) is 0 Å². The van der Waals surface area contributed by atoms with Crippen LogP contribution in [0.5, 0.6) is 0 Å². The number of nitrogens with zero attached hydrogens (tertiary/aromatic N) is 3. The molecular weight excluding hydrogens is 671 g/mol. The molecule has 0 spiro atoms. The van der Waals surface area contributed by atoms with Gasteiger partial charge in [-0.05, 0) is 68.8 Å². The van der Waals surface area contributed by atoms with Crippen LogP contribution in [0, 0.1) is 0 Å². The molecule has 0 aliphatic heterocycles. The topological polar surface area (TPSA) is 51.8 Å². The third-order valence-electron chi connectivity index (χ3n) is 9.52.